The molecule has 0 fully saturated rings. The molecule has 114 valence electrons. The van der Waals surface area contributed by atoms with Crippen molar-refractivity contribution in [1.82, 2.24) is 10.3 Å². The zero-order valence-electron chi connectivity index (χ0n) is 11.3. The molecule has 0 bridgehead atoms. The fourth-order valence-corrected chi connectivity index (χ4v) is 2.25. The van der Waals surface area contributed by atoms with Crippen LogP contribution in [-0.4, -0.2) is 28.0 Å². The molecule has 22 heavy (non-hydrogen) atoms. The van der Waals surface area contributed by atoms with Crippen LogP contribution in [0.15, 0.2) is 47.2 Å². The molecule has 2 N–H and O–H groups in total. The average molecular weight is 367 g/mol. The summed E-state index contributed by atoms with van der Waals surface area (Å²) in [6.07, 6.45) is 1.65. The molecule has 0 unspecified atom stereocenters. The van der Waals surface area contributed by atoms with Gasteiger partial charge in [-0.2, -0.15) is 0 Å². The maximum Gasteiger partial charge on any atom is 0.326 e. The van der Waals surface area contributed by atoms with E-state index < -0.39 is 23.7 Å². The summed E-state index contributed by atoms with van der Waals surface area (Å²) in [5, 5.41) is 11.7. The third kappa shape index (κ3) is 4.11. The van der Waals surface area contributed by atoms with Gasteiger partial charge in [0.15, 0.2) is 0 Å². The van der Waals surface area contributed by atoms with Crippen molar-refractivity contribution in [1.29, 1.82) is 0 Å². The van der Waals surface area contributed by atoms with Gasteiger partial charge in [-0.3, -0.25) is 4.79 Å². The van der Waals surface area contributed by atoms with Crippen LogP contribution in [0.2, 0.25) is 0 Å². The van der Waals surface area contributed by atoms with Crippen LogP contribution in [0.3, 0.4) is 0 Å². The first-order chi connectivity index (χ1) is 10.5. The Morgan fingerprint density at radius 1 is 1.27 bits per heavy atom. The number of pyridine rings is 1. The van der Waals surface area contributed by atoms with E-state index in [1.807, 2.05) is 0 Å². The second-order valence-electron chi connectivity index (χ2n) is 4.53. The number of rotatable bonds is 5. The SMILES string of the molecule is O=C(N[C@@H](Cc1cccnc1Br)C(=O)O)c1ccc(F)cc1. The molecule has 0 saturated carbocycles. The molecule has 2 aromatic rings. The molecule has 0 saturated heterocycles. The standard InChI is InChI=1S/C15H12BrFN2O3/c16-13-10(2-1-7-18-13)8-12(15(21)22)19-14(20)9-3-5-11(17)6-4-9/h1-7,12H,8H2,(H,19,20)(H,21,22)/t12-/m0/s1. The predicted molar refractivity (Wildman–Crippen MR) is 80.9 cm³/mol. The van der Waals surface area contributed by atoms with Crippen molar-refractivity contribution in [3.63, 3.8) is 0 Å². The average Bonchev–Trinajstić information content (AvgIpc) is 2.49. The monoisotopic (exact) mass is 366 g/mol. The number of carbonyl (C=O) groups excluding carboxylic acids is 1. The minimum Gasteiger partial charge on any atom is -0.480 e. The minimum absolute atomic E-state index is 0.0801. The normalized spacial score (nSPS) is 11.7. The molecular weight excluding hydrogens is 355 g/mol. The second-order valence-corrected chi connectivity index (χ2v) is 5.28. The molecular formula is C15H12BrFN2O3. The van der Waals surface area contributed by atoms with Crippen LogP contribution in [0.1, 0.15) is 15.9 Å². The van der Waals surface area contributed by atoms with Gasteiger partial charge in [-0.25, -0.2) is 14.2 Å². The van der Waals surface area contributed by atoms with E-state index in [9.17, 15) is 19.1 Å². The third-order valence-electron chi connectivity index (χ3n) is 2.97. The third-order valence-corrected chi connectivity index (χ3v) is 3.68. The van der Waals surface area contributed by atoms with Gasteiger partial charge >= 0.3 is 5.97 Å². The zero-order chi connectivity index (χ0) is 16.1. The molecule has 0 aliphatic carbocycles. The van der Waals surface area contributed by atoms with E-state index in [1.165, 1.54) is 12.1 Å². The van der Waals surface area contributed by atoms with Gasteiger partial charge in [-0.1, -0.05) is 6.07 Å². The Balaban J connectivity index is 2.12. The molecule has 0 aliphatic heterocycles. The number of nitrogens with zero attached hydrogens (tertiary/aromatic N) is 1. The number of amides is 1. The Bertz CT molecular complexity index is 691. The highest BCUT2D eigenvalue weighted by molar-refractivity contribution is 9.10. The molecule has 0 spiro atoms. The van der Waals surface area contributed by atoms with Crippen molar-refractivity contribution >= 4 is 27.8 Å². The Labute approximate surface area is 134 Å². The lowest BCUT2D eigenvalue weighted by molar-refractivity contribution is -0.139. The maximum atomic E-state index is 12.8. The number of benzene rings is 1. The van der Waals surface area contributed by atoms with Crippen molar-refractivity contribution in [3.8, 4) is 0 Å². The topological polar surface area (TPSA) is 79.3 Å². The van der Waals surface area contributed by atoms with Crippen LogP contribution >= 0.6 is 15.9 Å². The van der Waals surface area contributed by atoms with Gasteiger partial charge in [0.25, 0.3) is 5.91 Å². The summed E-state index contributed by atoms with van der Waals surface area (Å²) in [7, 11) is 0. The quantitative estimate of drug-likeness (QED) is 0.796. The van der Waals surface area contributed by atoms with E-state index in [0.29, 0.717) is 10.2 Å². The summed E-state index contributed by atoms with van der Waals surface area (Å²) < 4.78 is 13.4. The Morgan fingerprint density at radius 2 is 1.95 bits per heavy atom. The first kappa shape index (κ1) is 16.1. The molecule has 1 atom stereocenters. The van der Waals surface area contributed by atoms with Gasteiger partial charge in [-0.15, -0.1) is 0 Å². The molecule has 1 aromatic carbocycles. The van der Waals surface area contributed by atoms with E-state index in [-0.39, 0.29) is 12.0 Å². The molecule has 1 amide bonds. The summed E-state index contributed by atoms with van der Waals surface area (Å²) in [5.41, 5.74) is 0.854. The lowest BCUT2D eigenvalue weighted by Gasteiger charge is -2.15. The van der Waals surface area contributed by atoms with Crippen molar-refractivity contribution in [2.75, 3.05) is 0 Å². The first-order valence-electron chi connectivity index (χ1n) is 6.36. The van der Waals surface area contributed by atoms with Crippen LogP contribution in [0.4, 0.5) is 4.39 Å². The largest absolute Gasteiger partial charge is 0.480 e. The van der Waals surface area contributed by atoms with E-state index in [2.05, 4.69) is 26.2 Å². The second kappa shape index (κ2) is 7.13. The van der Waals surface area contributed by atoms with Crippen molar-refractivity contribution in [2.45, 2.75) is 12.5 Å². The van der Waals surface area contributed by atoms with E-state index in [4.69, 9.17) is 0 Å². The molecule has 1 aromatic heterocycles. The number of carboxylic acid groups (broad SMARTS) is 1. The predicted octanol–water partition coefficient (Wildman–Crippen LogP) is 2.41. The van der Waals surface area contributed by atoms with Gasteiger partial charge in [0.05, 0.1) is 0 Å². The number of hydrogen-bond acceptors (Lipinski definition) is 3. The smallest absolute Gasteiger partial charge is 0.326 e. The highest BCUT2D eigenvalue weighted by atomic mass is 79.9. The maximum absolute atomic E-state index is 12.8. The zero-order valence-corrected chi connectivity index (χ0v) is 12.9. The van der Waals surface area contributed by atoms with Crippen molar-refractivity contribution < 1.29 is 19.1 Å². The number of aliphatic carboxylic acids is 1. The van der Waals surface area contributed by atoms with Crippen LogP contribution < -0.4 is 5.32 Å². The number of carbonyl (C=O) groups is 2. The summed E-state index contributed by atoms with van der Waals surface area (Å²) in [6.45, 7) is 0. The number of aromatic nitrogens is 1. The molecule has 2 rings (SSSR count). The highest BCUT2D eigenvalue weighted by Crippen LogP contribution is 2.15. The Kier molecular flexibility index (Phi) is 5.21. The van der Waals surface area contributed by atoms with Gasteiger partial charge < -0.3 is 10.4 Å². The lowest BCUT2D eigenvalue weighted by Crippen LogP contribution is -2.42. The number of halogens is 2. The number of carboxylic acids is 1. The fourth-order valence-electron chi connectivity index (χ4n) is 1.83. The number of hydrogen-bond donors (Lipinski definition) is 2. The summed E-state index contributed by atoms with van der Waals surface area (Å²) >= 11 is 3.23. The molecule has 0 aliphatic rings. The van der Waals surface area contributed by atoms with Crippen molar-refractivity contribution in [2.24, 2.45) is 0 Å². The highest BCUT2D eigenvalue weighted by Gasteiger charge is 2.22. The fraction of sp³-hybridized carbons (Fsp3) is 0.133. The minimum atomic E-state index is -1.16. The molecule has 0 radical (unpaired) electrons. The van der Waals surface area contributed by atoms with Crippen LogP contribution in [-0.2, 0) is 11.2 Å². The van der Waals surface area contributed by atoms with Crippen LogP contribution in [0.25, 0.3) is 0 Å². The number of nitrogens with one attached hydrogen (secondary N) is 1. The van der Waals surface area contributed by atoms with Crippen LogP contribution in [0, 0.1) is 5.82 Å². The van der Waals surface area contributed by atoms with E-state index >= 15 is 0 Å². The van der Waals surface area contributed by atoms with E-state index in [1.54, 1.807) is 18.3 Å². The first-order valence-corrected chi connectivity index (χ1v) is 7.15. The Hall–Kier alpha value is -2.28. The van der Waals surface area contributed by atoms with Crippen molar-refractivity contribution in [3.05, 3.63) is 64.1 Å². The molecule has 5 nitrogen and oxygen atoms in total. The van der Waals surface area contributed by atoms with Crippen LogP contribution in [0.5, 0.6) is 0 Å². The van der Waals surface area contributed by atoms with Gasteiger partial charge in [0.1, 0.15) is 16.5 Å². The summed E-state index contributed by atoms with van der Waals surface area (Å²) in [6, 6.07) is 7.16. The summed E-state index contributed by atoms with van der Waals surface area (Å²) in [4.78, 5) is 27.4. The molecule has 7 heteroatoms. The molecule has 1 heterocycles. The van der Waals surface area contributed by atoms with E-state index in [0.717, 1.165) is 12.1 Å². The van der Waals surface area contributed by atoms with Gasteiger partial charge in [0.2, 0.25) is 0 Å². The van der Waals surface area contributed by atoms with Gasteiger partial charge in [0, 0.05) is 18.2 Å². The van der Waals surface area contributed by atoms with Gasteiger partial charge in [-0.05, 0) is 51.8 Å². The summed E-state index contributed by atoms with van der Waals surface area (Å²) in [5.74, 6) is -2.20. The Morgan fingerprint density at radius 3 is 2.55 bits per heavy atom. The lowest BCUT2D eigenvalue weighted by atomic mass is 10.1.